The Hall–Kier alpha value is -2.28. The molecule has 0 spiro atoms. The van der Waals surface area contributed by atoms with Crippen LogP contribution in [0.5, 0.6) is 0 Å². The average molecular weight is 310 g/mol. The predicted molar refractivity (Wildman–Crippen MR) is 83.5 cm³/mol. The van der Waals surface area contributed by atoms with E-state index in [1.165, 1.54) is 0 Å². The minimum Gasteiger partial charge on any atom is -0.318 e. The second-order valence-electron chi connectivity index (χ2n) is 5.16. The zero-order valence-corrected chi connectivity index (χ0v) is 12.6. The van der Waals surface area contributed by atoms with Gasteiger partial charge in [0, 0.05) is 12.3 Å². The third-order valence-corrected chi connectivity index (χ3v) is 5.06. The van der Waals surface area contributed by atoms with Crippen molar-refractivity contribution in [1.29, 1.82) is 10.5 Å². The van der Waals surface area contributed by atoms with Gasteiger partial charge in [-0.1, -0.05) is 18.2 Å². The molecule has 2 heterocycles. The van der Waals surface area contributed by atoms with Gasteiger partial charge in [0.25, 0.3) is 0 Å². The van der Waals surface area contributed by atoms with E-state index in [-0.39, 0.29) is 17.3 Å². The van der Waals surface area contributed by atoms with Crippen molar-refractivity contribution in [1.82, 2.24) is 10.2 Å². The summed E-state index contributed by atoms with van der Waals surface area (Å²) in [7, 11) is 0. The number of hydrogen-bond donors (Lipinski definition) is 1. The van der Waals surface area contributed by atoms with Crippen LogP contribution in [0, 0.1) is 22.7 Å². The predicted octanol–water partition coefficient (Wildman–Crippen LogP) is 1.55. The molecule has 2 aliphatic heterocycles. The number of carbonyl (C=O) groups is 1. The van der Waals surface area contributed by atoms with Crippen molar-refractivity contribution < 1.29 is 4.79 Å². The molecule has 0 aliphatic carbocycles. The van der Waals surface area contributed by atoms with Gasteiger partial charge in [0.2, 0.25) is 5.91 Å². The molecule has 1 aromatic rings. The molecular weight excluding hydrogens is 296 g/mol. The molecule has 3 rings (SSSR count). The lowest BCUT2D eigenvalue weighted by Crippen LogP contribution is -2.47. The van der Waals surface area contributed by atoms with Crippen LogP contribution in [0.3, 0.4) is 0 Å². The summed E-state index contributed by atoms with van der Waals surface area (Å²) in [5, 5.41) is 21.2. The number of amides is 1. The average Bonchev–Trinajstić information content (AvgIpc) is 3.23. The van der Waals surface area contributed by atoms with Gasteiger partial charge in [0.1, 0.15) is 6.04 Å². The first-order valence-corrected chi connectivity index (χ1v) is 8.02. The van der Waals surface area contributed by atoms with Gasteiger partial charge in [-0.3, -0.25) is 10.1 Å². The Morgan fingerprint density at radius 2 is 2.09 bits per heavy atom. The monoisotopic (exact) mass is 310 g/mol. The van der Waals surface area contributed by atoms with Crippen LogP contribution >= 0.6 is 11.8 Å². The zero-order valence-electron chi connectivity index (χ0n) is 11.8. The van der Waals surface area contributed by atoms with Crippen LogP contribution in [0.2, 0.25) is 0 Å². The van der Waals surface area contributed by atoms with E-state index in [0.717, 1.165) is 5.56 Å². The Bertz CT molecular complexity index is 686. The smallest absolute Gasteiger partial charge is 0.242 e. The van der Waals surface area contributed by atoms with E-state index in [1.54, 1.807) is 34.9 Å². The van der Waals surface area contributed by atoms with Crippen molar-refractivity contribution in [2.45, 2.75) is 17.5 Å². The van der Waals surface area contributed by atoms with Gasteiger partial charge in [-0.05, 0) is 23.8 Å². The second-order valence-corrected chi connectivity index (χ2v) is 6.30. The molecule has 110 valence electrons. The lowest BCUT2D eigenvalue weighted by molar-refractivity contribution is -0.132. The molecular formula is C16H14N4OS. The summed E-state index contributed by atoms with van der Waals surface area (Å²) in [4.78, 5) is 14.1. The number of hydrogen-bond acceptors (Lipinski definition) is 5. The number of benzene rings is 1. The molecule has 6 heteroatoms. The van der Waals surface area contributed by atoms with Crippen molar-refractivity contribution >= 4 is 17.7 Å². The first-order valence-electron chi connectivity index (χ1n) is 6.97. The summed E-state index contributed by atoms with van der Waals surface area (Å²) < 4.78 is 0. The van der Waals surface area contributed by atoms with E-state index in [0.29, 0.717) is 17.9 Å². The molecule has 1 amide bonds. The normalized spacial score (nSPS) is 26.6. The summed E-state index contributed by atoms with van der Waals surface area (Å²) >= 11 is 1.67. The highest BCUT2D eigenvalue weighted by molar-refractivity contribution is 7.99. The summed E-state index contributed by atoms with van der Waals surface area (Å²) in [6.45, 7) is 0.501. The van der Waals surface area contributed by atoms with Crippen molar-refractivity contribution in [3.63, 3.8) is 0 Å². The number of carbonyl (C=O) groups excluding carboxylic acids is 1. The molecule has 3 atom stereocenters. The molecule has 0 radical (unpaired) electrons. The van der Waals surface area contributed by atoms with Gasteiger partial charge < -0.3 is 4.90 Å². The molecule has 1 unspecified atom stereocenters. The quantitative estimate of drug-likeness (QED) is 0.838. The molecule has 1 N–H and O–H groups in total. The Kier molecular flexibility index (Phi) is 4.15. The van der Waals surface area contributed by atoms with Crippen molar-refractivity contribution in [3.8, 4) is 12.1 Å². The fraction of sp³-hybridized carbons (Fsp3) is 0.312. The lowest BCUT2D eigenvalue weighted by Gasteiger charge is -2.23. The topological polar surface area (TPSA) is 79.9 Å². The fourth-order valence-corrected chi connectivity index (χ4v) is 3.83. The maximum Gasteiger partial charge on any atom is 0.242 e. The maximum absolute atomic E-state index is 12.5. The van der Waals surface area contributed by atoms with E-state index < -0.39 is 6.04 Å². The zero-order chi connectivity index (χ0) is 15.5. The van der Waals surface area contributed by atoms with Gasteiger partial charge in [0.05, 0.1) is 29.1 Å². The largest absolute Gasteiger partial charge is 0.318 e. The van der Waals surface area contributed by atoms with Gasteiger partial charge in [0.15, 0.2) is 0 Å². The van der Waals surface area contributed by atoms with Crippen LogP contribution < -0.4 is 5.32 Å². The van der Waals surface area contributed by atoms with Crippen LogP contribution in [0.1, 0.15) is 16.5 Å². The number of thioether (sulfide) groups is 1. The van der Waals surface area contributed by atoms with Crippen molar-refractivity contribution in [2.75, 3.05) is 12.3 Å². The first kappa shape index (κ1) is 14.6. The van der Waals surface area contributed by atoms with E-state index in [1.807, 2.05) is 18.2 Å². The first-order chi connectivity index (χ1) is 10.7. The Balaban J connectivity index is 1.66. The summed E-state index contributed by atoms with van der Waals surface area (Å²) in [5.41, 5.74) is 1.68. The number of nitriles is 2. The molecule has 0 saturated carbocycles. The fourth-order valence-electron chi connectivity index (χ4n) is 2.60. The summed E-state index contributed by atoms with van der Waals surface area (Å²) in [6, 6.07) is 10.9. The number of rotatable bonds is 2. The second kappa shape index (κ2) is 6.23. The van der Waals surface area contributed by atoms with Crippen LogP contribution in [0.25, 0.3) is 0 Å². The summed E-state index contributed by atoms with van der Waals surface area (Å²) in [6.07, 6.45) is 3.62. The van der Waals surface area contributed by atoms with Gasteiger partial charge in [-0.25, -0.2) is 0 Å². The molecule has 1 saturated heterocycles. The molecule has 22 heavy (non-hydrogen) atoms. The minimum absolute atomic E-state index is 0.0276. The van der Waals surface area contributed by atoms with Crippen molar-refractivity contribution in [2.24, 2.45) is 0 Å². The highest BCUT2D eigenvalue weighted by Gasteiger charge is 2.36. The third-order valence-electron chi connectivity index (χ3n) is 3.79. The molecule has 1 fully saturated rings. The molecule has 0 aromatic heterocycles. The van der Waals surface area contributed by atoms with Gasteiger partial charge >= 0.3 is 0 Å². The molecule has 5 nitrogen and oxygen atoms in total. The van der Waals surface area contributed by atoms with Crippen LogP contribution in [-0.2, 0) is 4.79 Å². The standard InChI is InChI=1S/C16H14N4OS/c17-8-11-3-5-12(6-4-11)15-19-14(10-22-15)16(21)20-7-1-2-13(20)9-18/h1-6,13-15,19H,7,10H2/t13-,14-,15?/m0/s1. The Labute approximate surface area is 133 Å². The Morgan fingerprint density at radius 1 is 1.32 bits per heavy atom. The van der Waals surface area contributed by atoms with Gasteiger partial charge in [-0.2, -0.15) is 10.5 Å². The number of nitrogens with zero attached hydrogens (tertiary/aromatic N) is 3. The Morgan fingerprint density at radius 3 is 2.77 bits per heavy atom. The molecule has 0 bridgehead atoms. The van der Waals surface area contributed by atoms with Crippen molar-refractivity contribution in [3.05, 3.63) is 47.5 Å². The van der Waals surface area contributed by atoms with E-state index in [4.69, 9.17) is 10.5 Å². The lowest BCUT2D eigenvalue weighted by atomic mass is 10.1. The maximum atomic E-state index is 12.5. The SMILES string of the molecule is N#Cc1ccc(C2N[C@H](C(=O)N3CC=C[C@H]3C#N)CS2)cc1. The van der Waals surface area contributed by atoms with Crippen LogP contribution in [-0.4, -0.2) is 35.2 Å². The molecule has 2 aliphatic rings. The van der Waals surface area contributed by atoms with E-state index >= 15 is 0 Å². The highest BCUT2D eigenvalue weighted by atomic mass is 32.2. The highest BCUT2D eigenvalue weighted by Crippen LogP contribution is 2.33. The molecule has 1 aromatic carbocycles. The third kappa shape index (κ3) is 2.71. The van der Waals surface area contributed by atoms with Crippen LogP contribution in [0.15, 0.2) is 36.4 Å². The summed E-state index contributed by atoms with van der Waals surface area (Å²) in [5.74, 6) is 0.651. The number of nitrogens with one attached hydrogen (secondary N) is 1. The van der Waals surface area contributed by atoms with Crippen LogP contribution in [0.4, 0.5) is 0 Å². The minimum atomic E-state index is -0.451. The van der Waals surface area contributed by atoms with Gasteiger partial charge in [-0.15, -0.1) is 11.8 Å². The van der Waals surface area contributed by atoms with E-state index in [9.17, 15) is 4.79 Å². The van der Waals surface area contributed by atoms with E-state index in [2.05, 4.69) is 17.5 Å².